The number of ether oxygens (including phenoxy) is 1. The smallest absolute Gasteiger partial charge is 0.224 e. The summed E-state index contributed by atoms with van der Waals surface area (Å²) in [4.78, 5) is 14.1. The summed E-state index contributed by atoms with van der Waals surface area (Å²) < 4.78 is 7.90. The predicted octanol–water partition coefficient (Wildman–Crippen LogP) is 3.88. The van der Waals surface area contributed by atoms with E-state index in [9.17, 15) is 4.79 Å². The van der Waals surface area contributed by atoms with Gasteiger partial charge in [-0.15, -0.1) is 0 Å². The van der Waals surface area contributed by atoms with Gasteiger partial charge < -0.3 is 14.2 Å². The Morgan fingerprint density at radius 1 is 1.08 bits per heavy atom. The Morgan fingerprint density at radius 2 is 1.84 bits per heavy atom. The van der Waals surface area contributed by atoms with Gasteiger partial charge in [-0.2, -0.15) is 0 Å². The highest BCUT2D eigenvalue weighted by molar-refractivity contribution is 5.80. The number of nitrogens with zero attached hydrogens (tertiary/aromatic N) is 2. The molecule has 0 bridgehead atoms. The second-order valence-electron chi connectivity index (χ2n) is 6.25. The van der Waals surface area contributed by atoms with Crippen LogP contribution in [0.3, 0.4) is 0 Å². The molecule has 3 aromatic rings. The topological polar surface area (TPSA) is 34.5 Å². The number of carbonyl (C=O) groups is 1. The molecule has 130 valence electrons. The Kier molecular flexibility index (Phi) is 5.39. The van der Waals surface area contributed by atoms with Crippen LogP contribution in [0.1, 0.15) is 12.0 Å². The van der Waals surface area contributed by atoms with Gasteiger partial charge in [-0.25, -0.2) is 0 Å². The molecule has 4 nitrogen and oxygen atoms in total. The lowest BCUT2D eigenvalue weighted by Crippen LogP contribution is -2.31. The molecule has 0 spiro atoms. The van der Waals surface area contributed by atoms with Gasteiger partial charge in [-0.1, -0.05) is 36.4 Å². The van der Waals surface area contributed by atoms with E-state index in [1.54, 1.807) is 4.90 Å². The molecule has 3 rings (SSSR count). The van der Waals surface area contributed by atoms with Gasteiger partial charge in [0.1, 0.15) is 12.4 Å². The molecule has 0 aliphatic carbocycles. The maximum Gasteiger partial charge on any atom is 0.224 e. The first kappa shape index (κ1) is 17.1. The summed E-state index contributed by atoms with van der Waals surface area (Å²) in [6.07, 6.45) is 2.53. The molecule has 0 fully saturated rings. The van der Waals surface area contributed by atoms with E-state index in [2.05, 4.69) is 22.8 Å². The van der Waals surface area contributed by atoms with Crippen molar-refractivity contribution in [3.8, 4) is 5.75 Å². The number of carbonyl (C=O) groups excluding carboxylic acids is 1. The van der Waals surface area contributed by atoms with Crippen molar-refractivity contribution in [2.75, 3.05) is 20.2 Å². The lowest BCUT2D eigenvalue weighted by Gasteiger charge is -2.18. The fourth-order valence-corrected chi connectivity index (χ4v) is 2.88. The van der Waals surface area contributed by atoms with Crippen molar-refractivity contribution in [2.24, 2.45) is 0 Å². The lowest BCUT2D eigenvalue weighted by molar-refractivity contribution is -0.130. The summed E-state index contributed by atoms with van der Waals surface area (Å²) in [6, 6.07) is 18.2. The van der Waals surface area contributed by atoms with Crippen LogP contribution >= 0.6 is 0 Å². The highest BCUT2D eigenvalue weighted by Gasteiger charge is 2.10. The number of aromatic nitrogens is 1. The normalized spacial score (nSPS) is 10.8. The Hall–Kier alpha value is -2.75. The summed E-state index contributed by atoms with van der Waals surface area (Å²) >= 11 is 0. The molecule has 25 heavy (non-hydrogen) atoms. The minimum atomic E-state index is 0.131. The molecule has 2 aromatic carbocycles. The molecule has 1 aromatic heterocycles. The SMILES string of the molecule is Cc1ccccc1OCCN(C)C(=O)CCn1ccc2ccccc21. The Labute approximate surface area is 148 Å². The van der Waals surface area contributed by atoms with Gasteiger partial charge in [0.2, 0.25) is 5.91 Å². The Morgan fingerprint density at radius 3 is 2.68 bits per heavy atom. The number of amides is 1. The largest absolute Gasteiger partial charge is 0.491 e. The monoisotopic (exact) mass is 336 g/mol. The molecule has 0 unspecified atom stereocenters. The fraction of sp³-hybridized carbons (Fsp3) is 0.286. The number of fused-ring (bicyclic) bond motifs is 1. The fourth-order valence-electron chi connectivity index (χ4n) is 2.88. The van der Waals surface area contributed by atoms with Crippen LogP contribution < -0.4 is 4.74 Å². The molecular weight excluding hydrogens is 312 g/mol. The highest BCUT2D eigenvalue weighted by atomic mass is 16.5. The molecule has 0 radical (unpaired) electrons. The number of aryl methyl sites for hydroxylation is 2. The number of hydrogen-bond donors (Lipinski definition) is 0. The molecule has 4 heteroatoms. The Balaban J connectivity index is 1.47. The van der Waals surface area contributed by atoms with Crippen molar-refractivity contribution in [2.45, 2.75) is 19.9 Å². The quantitative estimate of drug-likeness (QED) is 0.656. The molecule has 1 heterocycles. The number of hydrogen-bond acceptors (Lipinski definition) is 2. The molecule has 0 saturated carbocycles. The lowest BCUT2D eigenvalue weighted by atomic mass is 10.2. The first-order valence-corrected chi connectivity index (χ1v) is 8.61. The van der Waals surface area contributed by atoms with Crippen LogP contribution in [-0.4, -0.2) is 35.6 Å². The van der Waals surface area contributed by atoms with Crippen molar-refractivity contribution in [3.63, 3.8) is 0 Å². The summed E-state index contributed by atoms with van der Waals surface area (Å²) in [5, 5.41) is 1.20. The van der Waals surface area contributed by atoms with Gasteiger partial charge in [-0.05, 0) is 36.1 Å². The molecule has 0 aliphatic heterocycles. The third-order valence-corrected chi connectivity index (χ3v) is 4.45. The zero-order valence-electron chi connectivity index (χ0n) is 14.8. The number of para-hydroxylation sites is 2. The van der Waals surface area contributed by atoms with Gasteiger partial charge in [0, 0.05) is 31.7 Å². The van der Waals surface area contributed by atoms with Gasteiger partial charge >= 0.3 is 0 Å². The van der Waals surface area contributed by atoms with E-state index in [0.29, 0.717) is 26.1 Å². The maximum atomic E-state index is 12.3. The minimum absolute atomic E-state index is 0.131. The third-order valence-electron chi connectivity index (χ3n) is 4.45. The molecule has 0 aliphatic rings. The summed E-state index contributed by atoms with van der Waals surface area (Å²) in [5.74, 6) is 1.01. The van der Waals surface area contributed by atoms with Crippen molar-refractivity contribution in [1.82, 2.24) is 9.47 Å². The zero-order chi connectivity index (χ0) is 17.6. The van der Waals surface area contributed by atoms with Crippen LogP contribution in [0.15, 0.2) is 60.8 Å². The standard InChI is InChI=1S/C21H24N2O2/c1-17-7-3-6-10-20(17)25-16-15-22(2)21(24)12-14-23-13-11-18-8-4-5-9-19(18)23/h3-11,13H,12,14-16H2,1-2H3. The molecular formula is C21H24N2O2. The van der Waals surface area contributed by atoms with Gasteiger partial charge in [-0.3, -0.25) is 4.79 Å². The summed E-state index contributed by atoms with van der Waals surface area (Å²) in [7, 11) is 1.83. The predicted molar refractivity (Wildman–Crippen MR) is 101 cm³/mol. The van der Waals surface area contributed by atoms with E-state index < -0.39 is 0 Å². The van der Waals surface area contributed by atoms with Crippen LogP contribution in [0.25, 0.3) is 10.9 Å². The zero-order valence-corrected chi connectivity index (χ0v) is 14.8. The second kappa shape index (κ2) is 7.88. The van der Waals surface area contributed by atoms with E-state index in [-0.39, 0.29) is 5.91 Å². The first-order chi connectivity index (χ1) is 12.1. The van der Waals surface area contributed by atoms with E-state index in [1.165, 1.54) is 10.9 Å². The van der Waals surface area contributed by atoms with Crippen molar-refractivity contribution in [1.29, 1.82) is 0 Å². The van der Waals surface area contributed by atoms with Crippen LogP contribution in [0.2, 0.25) is 0 Å². The molecule has 0 atom stereocenters. The van der Waals surface area contributed by atoms with Crippen LogP contribution in [-0.2, 0) is 11.3 Å². The molecule has 0 N–H and O–H groups in total. The average molecular weight is 336 g/mol. The maximum absolute atomic E-state index is 12.3. The van der Waals surface area contributed by atoms with Gasteiger partial charge in [0.15, 0.2) is 0 Å². The van der Waals surface area contributed by atoms with Crippen molar-refractivity contribution < 1.29 is 9.53 Å². The van der Waals surface area contributed by atoms with Crippen LogP contribution in [0, 0.1) is 6.92 Å². The number of benzene rings is 2. The first-order valence-electron chi connectivity index (χ1n) is 8.61. The number of rotatable bonds is 7. The molecule has 1 amide bonds. The highest BCUT2D eigenvalue weighted by Crippen LogP contribution is 2.17. The van der Waals surface area contributed by atoms with Crippen LogP contribution in [0.5, 0.6) is 5.75 Å². The molecule has 0 saturated heterocycles. The second-order valence-corrected chi connectivity index (χ2v) is 6.25. The average Bonchev–Trinajstić information content (AvgIpc) is 3.04. The summed E-state index contributed by atoms with van der Waals surface area (Å²) in [6.45, 7) is 3.79. The van der Waals surface area contributed by atoms with E-state index in [4.69, 9.17) is 4.74 Å². The van der Waals surface area contributed by atoms with Crippen molar-refractivity contribution in [3.05, 3.63) is 66.4 Å². The van der Waals surface area contributed by atoms with Gasteiger partial charge in [0.25, 0.3) is 0 Å². The summed E-state index contributed by atoms with van der Waals surface area (Å²) in [5.41, 5.74) is 2.27. The Bertz CT molecular complexity index is 854. The van der Waals surface area contributed by atoms with Crippen LogP contribution in [0.4, 0.5) is 0 Å². The van der Waals surface area contributed by atoms with E-state index in [1.807, 2.05) is 56.6 Å². The van der Waals surface area contributed by atoms with Gasteiger partial charge in [0.05, 0.1) is 6.54 Å². The third kappa shape index (κ3) is 4.21. The van der Waals surface area contributed by atoms with E-state index in [0.717, 1.165) is 11.3 Å². The van der Waals surface area contributed by atoms with E-state index >= 15 is 0 Å². The minimum Gasteiger partial charge on any atom is -0.491 e. The van der Waals surface area contributed by atoms with Crippen molar-refractivity contribution >= 4 is 16.8 Å². The number of likely N-dealkylation sites (N-methyl/N-ethyl adjacent to an activating group) is 1.